The third-order valence-corrected chi connectivity index (χ3v) is 3.70. The number of aldehydes is 1. The van der Waals surface area contributed by atoms with E-state index in [1.54, 1.807) is 0 Å². The van der Waals surface area contributed by atoms with Crippen LogP contribution in [0.4, 0.5) is 0 Å². The molecule has 0 heterocycles. The normalized spacial score (nSPS) is 13.8. The Labute approximate surface area is 127 Å². The Hall–Kier alpha value is -1.64. The summed E-state index contributed by atoms with van der Waals surface area (Å²) in [6.07, 6.45) is 1.71. The number of carbonyl (C=O) groups is 2. The quantitative estimate of drug-likeness (QED) is 0.800. The van der Waals surface area contributed by atoms with Crippen LogP contribution in [-0.2, 0) is 15.0 Å². The highest BCUT2D eigenvalue weighted by molar-refractivity contribution is 5.79. The second-order valence-electron chi connectivity index (χ2n) is 7.54. The van der Waals surface area contributed by atoms with Gasteiger partial charge in [-0.1, -0.05) is 58.9 Å². The first-order valence-electron chi connectivity index (χ1n) is 7.34. The van der Waals surface area contributed by atoms with Gasteiger partial charge in [0.1, 0.15) is 6.29 Å². The maximum atomic E-state index is 11.2. The lowest BCUT2D eigenvalue weighted by molar-refractivity contribution is -0.139. The Morgan fingerprint density at radius 3 is 2.05 bits per heavy atom. The first kappa shape index (κ1) is 17.4. The molecule has 0 bridgehead atoms. The van der Waals surface area contributed by atoms with Crippen molar-refractivity contribution < 1.29 is 14.7 Å². The van der Waals surface area contributed by atoms with Gasteiger partial charge in [-0.2, -0.15) is 0 Å². The lowest BCUT2D eigenvalue weighted by atomic mass is 9.72. The van der Waals surface area contributed by atoms with Crippen LogP contribution in [0.1, 0.15) is 64.5 Å². The van der Waals surface area contributed by atoms with Crippen LogP contribution in [0.5, 0.6) is 0 Å². The van der Waals surface area contributed by atoms with Gasteiger partial charge in [0.05, 0.1) is 5.92 Å². The van der Waals surface area contributed by atoms with E-state index in [4.69, 9.17) is 0 Å². The number of rotatable bonds is 6. The molecule has 0 aliphatic rings. The van der Waals surface area contributed by atoms with Gasteiger partial charge in [0.2, 0.25) is 0 Å². The van der Waals surface area contributed by atoms with Crippen LogP contribution >= 0.6 is 0 Å². The van der Waals surface area contributed by atoms with Gasteiger partial charge in [-0.3, -0.25) is 4.79 Å². The Bertz CT molecular complexity index is 492. The summed E-state index contributed by atoms with van der Waals surface area (Å²) in [4.78, 5) is 21.8. The van der Waals surface area contributed by atoms with Crippen molar-refractivity contribution in [3.63, 3.8) is 0 Å². The zero-order valence-corrected chi connectivity index (χ0v) is 13.6. The monoisotopic (exact) mass is 290 g/mol. The summed E-state index contributed by atoms with van der Waals surface area (Å²) >= 11 is 0. The van der Waals surface area contributed by atoms with Gasteiger partial charge in [-0.05, 0) is 28.4 Å². The van der Waals surface area contributed by atoms with Gasteiger partial charge in [-0.15, -0.1) is 0 Å². The fourth-order valence-corrected chi connectivity index (χ4v) is 3.07. The molecule has 21 heavy (non-hydrogen) atoms. The second kappa shape index (κ2) is 6.42. The zero-order chi connectivity index (χ0) is 16.3. The van der Waals surface area contributed by atoms with E-state index < -0.39 is 11.9 Å². The molecule has 0 radical (unpaired) electrons. The SMILES string of the molecule is CC(C)(C)CC(C)(C)c1ccc(C(CC=O)C(=O)O)cc1. The van der Waals surface area contributed by atoms with Crippen molar-refractivity contribution in [2.75, 3.05) is 0 Å². The molecule has 1 aromatic rings. The molecule has 3 heteroatoms. The van der Waals surface area contributed by atoms with Gasteiger partial charge in [0, 0.05) is 6.42 Å². The molecule has 0 amide bonds. The van der Waals surface area contributed by atoms with Crippen LogP contribution in [0.3, 0.4) is 0 Å². The standard InChI is InChI=1S/C18H26O3/c1-17(2,3)12-18(4,5)14-8-6-13(7-9-14)15(10-11-19)16(20)21/h6-9,11,15H,10,12H2,1-5H3,(H,20,21). The maximum absolute atomic E-state index is 11.2. The third kappa shape index (κ3) is 5.00. The van der Waals surface area contributed by atoms with Crippen LogP contribution in [0.2, 0.25) is 0 Å². The summed E-state index contributed by atoms with van der Waals surface area (Å²) < 4.78 is 0. The smallest absolute Gasteiger partial charge is 0.311 e. The van der Waals surface area contributed by atoms with Crippen molar-refractivity contribution >= 4 is 12.3 Å². The number of carboxylic acids is 1. The van der Waals surface area contributed by atoms with E-state index in [2.05, 4.69) is 34.6 Å². The number of carbonyl (C=O) groups excluding carboxylic acids is 1. The molecular weight excluding hydrogens is 264 g/mol. The molecule has 1 atom stereocenters. The Morgan fingerprint density at radius 1 is 1.14 bits per heavy atom. The van der Waals surface area contributed by atoms with Gasteiger partial charge in [0.15, 0.2) is 0 Å². The van der Waals surface area contributed by atoms with Crippen molar-refractivity contribution in [1.29, 1.82) is 0 Å². The molecule has 1 rings (SSSR count). The van der Waals surface area contributed by atoms with Gasteiger partial charge in [-0.25, -0.2) is 0 Å². The minimum Gasteiger partial charge on any atom is -0.481 e. The largest absolute Gasteiger partial charge is 0.481 e. The first-order chi connectivity index (χ1) is 9.57. The summed E-state index contributed by atoms with van der Waals surface area (Å²) in [6, 6.07) is 7.65. The molecule has 116 valence electrons. The van der Waals surface area contributed by atoms with Crippen molar-refractivity contribution in [3.05, 3.63) is 35.4 Å². The van der Waals surface area contributed by atoms with Crippen molar-refractivity contribution in [2.45, 2.75) is 58.8 Å². The lowest BCUT2D eigenvalue weighted by Gasteiger charge is -2.33. The molecule has 0 saturated heterocycles. The Balaban J connectivity index is 3.01. The minimum atomic E-state index is -0.955. The number of carboxylic acid groups (broad SMARTS) is 1. The van der Waals surface area contributed by atoms with E-state index in [0.29, 0.717) is 11.8 Å². The molecule has 1 aromatic carbocycles. The van der Waals surface area contributed by atoms with Crippen molar-refractivity contribution in [2.24, 2.45) is 5.41 Å². The Morgan fingerprint density at radius 2 is 1.67 bits per heavy atom. The van der Waals surface area contributed by atoms with E-state index >= 15 is 0 Å². The van der Waals surface area contributed by atoms with Crippen LogP contribution in [0.25, 0.3) is 0 Å². The topological polar surface area (TPSA) is 54.4 Å². The van der Waals surface area contributed by atoms with Gasteiger partial charge < -0.3 is 9.90 Å². The minimum absolute atomic E-state index is 0.0140. The van der Waals surface area contributed by atoms with E-state index in [1.165, 1.54) is 5.56 Å². The summed E-state index contributed by atoms with van der Waals surface area (Å²) in [7, 11) is 0. The molecule has 1 unspecified atom stereocenters. The zero-order valence-electron chi connectivity index (χ0n) is 13.6. The highest BCUT2D eigenvalue weighted by atomic mass is 16.4. The molecule has 0 saturated carbocycles. The molecule has 3 nitrogen and oxygen atoms in total. The summed E-state index contributed by atoms with van der Waals surface area (Å²) in [5, 5.41) is 9.18. The maximum Gasteiger partial charge on any atom is 0.311 e. The second-order valence-corrected chi connectivity index (χ2v) is 7.54. The van der Waals surface area contributed by atoms with Crippen molar-refractivity contribution in [3.8, 4) is 0 Å². The molecule has 0 aromatic heterocycles. The fourth-order valence-electron chi connectivity index (χ4n) is 3.07. The Kier molecular flexibility index (Phi) is 5.32. The predicted octanol–water partition coefficient (Wildman–Crippen LogP) is 4.16. The summed E-state index contributed by atoms with van der Waals surface area (Å²) in [5.74, 6) is -1.70. The number of benzene rings is 1. The average Bonchev–Trinajstić information content (AvgIpc) is 2.33. The van der Waals surface area contributed by atoms with Crippen LogP contribution < -0.4 is 0 Å². The molecule has 1 N–H and O–H groups in total. The van der Waals surface area contributed by atoms with E-state index in [0.717, 1.165) is 6.42 Å². The molecule has 0 fully saturated rings. The van der Waals surface area contributed by atoms with Crippen LogP contribution in [0, 0.1) is 5.41 Å². The van der Waals surface area contributed by atoms with Crippen LogP contribution in [-0.4, -0.2) is 17.4 Å². The first-order valence-corrected chi connectivity index (χ1v) is 7.34. The van der Waals surface area contributed by atoms with Crippen molar-refractivity contribution in [1.82, 2.24) is 0 Å². The highest BCUT2D eigenvalue weighted by Crippen LogP contribution is 2.36. The molecule has 0 aliphatic heterocycles. The highest BCUT2D eigenvalue weighted by Gasteiger charge is 2.27. The third-order valence-electron chi connectivity index (χ3n) is 3.70. The van der Waals surface area contributed by atoms with Gasteiger partial charge in [0.25, 0.3) is 0 Å². The number of aliphatic carboxylic acids is 1. The van der Waals surface area contributed by atoms with E-state index in [9.17, 15) is 14.7 Å². The number of hydrogen-bond donors (Lipinski definition) is 1. The van der Waals surface area contributed by atoms with Gasteiger partial charge >= 0.3 is 5.97 Å². The molecule has 0 spiro atoms. The average molecular weight is 290 g/mol. The summed E-state index contributed by atoms with van der Waals surface area (Å²) in [6.45, 7) is 11.1. The molecular formula is C18H26O3. The predicted molar refractivity (Wildman–Crippen MR) is 84.6 cm³/mol. The van der Waals surface area contributed by atoms with E-state index in [-0.39, 0.29) is 17.3 Å². The summed E-state index contributed by atoms with van der Waals surface area (Å²) in [5.41, 5.74) is 2.13. The molecule has 0 aliphatic carbocycles. The van der Waals surface area contributed by atoms with E-state index in [1.807, 2.05) is 24.3 Å². The number of hydrogen-bond acceptors (Lipinski definition) is 2. The van der Waals surface area contributed by atoms with Crippen LogP contribution in [0.15, 0.2) is 24.3 Å². The fraction of sp³-hybridized carbons (Fsp3) is 0.556. The lowest BCUT2D eigenvalue weighted by Crippen LogP contribution is -2.24.